The van der Waals surface area contributed by atoms with Crippen LogP contribution in [0, 0.1) is 6.92 Å². The molecule has 2 aliphatic heterocycles. The Morgan fingerprint density at radius 1 is 1.13 bits per heavy atom. The van der Waals surface area contributed by atoms with Crippen LogP contribution in [0.1, 0.15) is 65.4 Å². The predicted molar refractivity (Wildman–Crippen MR) is 147 cm³/mol. The molecule has 11 heteroatoms. The van der Waals surface area contributed by atoms with Crippen molar-refractivity contribution < 1.29 is 14.7 Å². The molecule has 0 bridgehead atoms. The van der Waals surface area contributed by atoms with E-state index in [1.807, 2.05) is 17.9 Å². The van der Waals surface area contributed by atoms with E-state index in [-0.39, 0.29) is 46.3 Å². The van der Waals surface area contributed by atoms with Crippen LogP contribution in [0.2, 0.25) is 5.15 Å². The molecule has 3 aliphatic rings. The number of aromatic hydroxyl groups is 1. The first-order valence-electron chi connectivity index (χ1n) is 13.5. The van der Waals surface area contributed by atoms with Crippen molar-refractivity contribution >= 4 is 35.1 Å². The summed E-state index contributed by atoms with van der Waals surface area (Å²) < 4.78 is 0. The van der Waals surface area contributed by atoms with Crippen LogP contribution in [0.5, 0.6) is 5.75 Å². The summed E-state index contributed by atoms with van der Waals surface area (Å²) >= 11 is 6.50. The minimum Gasteiger partial charge on any atom is -0.507 e. The Balaban J connectivity index is 1.21. The number of anilines is 2. The lowest BCUT2D eigenvalue weighted by Gasteiger charge is -2.47. The minimum absolute atomic E-state index is 0.0401. The molecule has 1 aliphatic carbocycles. The Labute approximate surface area is 228 Å². The Kier molecular flexibility index (Phi) is 7.63. The van der Waals surface area contributed by atoms with Crippen molar-refractivity contribution in [3.05, 3.63) is 40.2 Å². The van der Waals surface area contributed by atoms with Crippen molar-refractivity contribution in [3.8, 4) is 5.75 Å². The maximum Gasteiger partial charge on any atom is 0.274 e. The van der Waals surface area contributed by atoms with E-state index >= 15 is 0 Å². The van der Waals surface area contributed by atoms with E-state index in [9.17, 15) is 14.7 Å². The largest absolute Gasteiger partial charge is 0.507 e. The molecule has 0 radical (unpaired) electrons. The third-order valence-corrected chi connectivity index (χ3v) is 8.15. The predicted octanol–water partition coefficient (Wildman–Crippen LogP) is 2.82. The number of piperidine rings is 1. The number of likely N-dealkylation sites (tertiary alicyclic amines) is 1. The number of phenolic OH excluding ortho intramolecular Hbond substituents is 1. The fourth-order valence-corrected chi connectivity index (χ4v) is 5.81. The number of benzene rings is 1. The number of nitrogens with two attached hydrogens (primary N) is 1. The van der Waals surface area contributed by atoms with E-state index in [1.54, 1.807) is 12.1 Å². The molecule has 0 spiro atoms. The standard InChI is InChI=1S/C27H36ClN7O3/c1-3-18-15-34(25-23(28)31-22(24(29)32-25)26(37)30-17-5-6-17)12-13-35(18)19-8-10-33(11-9-19)27(38)20-7-4-16(2)14-21(20)36/h4,7,14,17-19,36H,3,5-6,8-13,15H2,1-2H3,(H2,29,32)(H,30,37)/t18-/m0/s1. The summed E-state index contributed by atoms with van der Waals surface area (Å²) in [5, 5.41) is 13.3. The molecule has 2 amide bonds. The average Bonchev–Trinajstić information content (AvgIpc) is 3.73. The van der Waals surface area contributed by atoms with Gasteiger partial charge in [-0.1, -0.05) is 24.6 Å². The zero-order valence-corrected chi connectivity index (χ0v) is 22.7. The van der Waals surface area contributed by atoms with E-state index in [2.05, 4.69) is 32.0 Å². The fraction of sp³-hybridized carbons (Fsp3) is 0.556. The van der Waals surface area contributed by atoms with E-state index in [1.165, 1.54) is 0 Å². The normalized spacial score (nSPS) is 21.0. The smallest absolute Gasteiger partial charge is 0.274 e. The zero-order valence-electron chi connectivity index (χ0n) is 22.0. The third kappa shape index (κ3) is 5.51. The highest BCUT2D eigenvalue weighted by atomic mass is 35.5. The molecular formula is C27H36ClN7O3. The monoisotopic (exact) mass is 541 g/mol. The number of nitrogen functional groups attached to an aromatic ring is 1. The van der Waals surface area contributed by atoms with Gasteiger partial charge >= 0.3 is 0 Å². The molecule has 3 heterocycles. The number of rotatable bonds is 6. The summed E-state index contributed by atoms with van der Waals surface area (Å²) in [7, 11) is 0. The number of aromatic nitrogens is 2. The van der Waals surface area contributed by atoms with Crippen molar-refractivity contribution in [3.63, 3.8) is 0 Å². The minimum atomic E-state index is -0.329. The van der Waals surface area contributed by atoms with Crippen LogP contribution in [0.15, 0.2) is 18.2 Å². The van der Waals surface area contributed by atoms with Crippen LogP contribution in [-0.4, -0.2) is 87.5 Å². The Hall–Kier alpha value is -3.11. The number of carbonyl (C=O) groups is 2. The second-order valence-corrected chi connectivity index (χ2v) is 11.0. The number of amides is 2. The first kappa shape index (κ1) is 26.5. The van der Waals surface area contributed by atoms with Gasteiger partial charge in [0.1, 0.15) is 5.75 Å². The molecule has 3 fully saturated rings. The van der Waals surface area contributed by atoms with E-state index in [0.717, 1.165) is 50.8 Å². The number of nitrogens with zero attached hydrogens (tertiary/aromatic N) is 5. The number of piperazine rings is 1. The SMILES string of the molecule is CC[C@H]1CN(c2nc(N)c(C(=O)NC3CC3)nc2Cl)CCN1C1CCN(C(=O)c2ccc(C)cc2O)CC1. The van der Waals surface area contributed by atoms with Crippen molar-refractivity contribution in [2.45, 2.75) is 64.1 Å². The molecule has 2 saturated heterocycles. The molecule has 2 aromatic rings. The maximum atomic E-state index is 13.0. The maximum absolute atomic E-state index is 13.0. The van der Waals surface area contributed by atoms with Crippen LogP contribution in [-0.2, 0) is 0 Å². The van der Waals surface area contributed by atoms with Gasteiger partial charge in [0.25, 0.3) is 11.8 Å². The molecule has 1 aromatic heterocycles. The van der Waals surface area contributed by atoms with Gasteiger partial charge in [0.15, 0.2) is 22.5 Å². The summed E-state index contributed by atoms with van der Waals surface area (Å²) in [6, 6.07) is 6.04. The highest BCUT2D eigenvalue weighted by Gasteiger charge is 2.36. The van der Waals surface area contributed by atoms with Gasteiger partial charge in [0.05, 0.1) is 5.56 Å². The lowest BCUT2D eigenvalue weighted by molar-refractivity contribution is 0.0489. The molecule has 1 aromatic carbocycles. The second kappa shape index (κ2) is 10.9. The van der Waals surface area contributed by atoms with Gasteiger partial charge < -0.3 is 26.0 Å². The van der Waals surface area contributed by atoms with Crippen molar-refractivity contribution in [2.75, 3.05) is 43.4 Å². The van der Waals surface area contributed by atoms with Crippen LogP contribution < -0.4 is 16.0 Å². The number of hydrogen-bond acceptors (Lipinski definition) is 8. The topological polar surface area (TPSA) is 128 Å². The molecule has 1 saturated carbocycles. The number of carbonyl (C=O) groups excluding carboxylic acids is 2. The van der Waals surface area contributed by atoms with Gasteiger partial charge in [-0.15, -0.1) is 0 Å². The lowest BCUT2D eigenvalue weighted by Crippen LogP contribution is -2.58. The summed E-state index contributed by atoms with van der Waals surface area (Å²) in [5.74, 6) is 0.207. The average molecular weight is 542 g/mol. The van der Waals surface area contributed by atoms with Gasteiger partial charge in [-0.25, -0.2) is 9.97 Å². The number of aryl methyl sites for hydroxylation is 1. The third-order valence-electron chi connectivity index (χ3n) is 7.89. The van der Waals surface area contributed by atoms with Crippen molar-refractivity contribution in [1.29, 1.82) is 0 Å². The molecular weight excluding hydrogens is 506 g/mol. The summed E-state index contributed by atoms with van der Waals surface area (Å²) in [4.78, 5) is 40.7. The van der Waals surface area contributed by atoms with Gasteiger partial charge in [-0.05, 0) is 56.7 Å². The first-order valence-corrected chi connectivity index (χ1v) is 13.9. The first-order chi connectivity index (χ1) is 18.2. The van der Waals surface area contributed by atoms with Crippen molar-refractivity contribution in [2.24, 2.45) is 0 Å². The Morgan fingerprint density at radius 3 is 2.53 bits per heavy atom. The quantitative estimate of drug-likeness (QED) is 0.509. The number of nitrogens with one attached hydrogen (secondary N) is 1. The van der Waals surface area contributed by atoms with Gasteiger partial charge in [0, 0.05) is 50.8 Å². The molecule has 4 N–H and O–H groups in total. The summed E-state index contributed by atoms with van der Waals surface area (Å²) in [6.07, 6.45) is 4.66. The lowest BCUT2D eigenvalue weighted by atomic mass is 9.97. The fourth-order valence-electron chi connectivity index (χ4n) is 5.57. The van der Waals surface area contributed by atoms with E-state index in [4.69, 9.17) is 17.3 Å². The van der Waals surface area contributed by atoms with E-state index in [0.29, 0.717) is 37.1 Å². The van der Waals surface area contributed by atoms with Crippen LogP contribution in [0.3, 0.4) is 0 Å². The number of hydrogen-bond donors (Lipinski definition) is 3. The molecule has 5 rings (SSSR count). The Morgan fingerprint density at radius 2 is 1.87 bits per heavy atom. The molecule has 0 unspecified atom stereocenters. The number of phenols is 1. The molecule has 204 valence electrons. The van der Waals surface area contributed by atoms with E-state index < -0.39 is 0 Å². The summed E-state index contributed by atoms with van der Waals surface area (Å²) in [5.41, 5.74) is 7.49. The summed E-state index contributed by atoms with van der Waals surface area (Å²) in [6.45, 7) is 7.66. The zero-order chi connectivity index (χ0) is 27.0. The van der Waals surface area contributed by atoms with Crippen molar-refractivity contribution in [1.82, 2.24) is 25.1 Å². The van der Waals surface area contributed by atoms with Gasteiger partial charge in [-0.3, -0.25) is 14.5 Å². The van der Waals surface area contributed by atoms with Crippen LogP contribution in [0.25, 0.3) is 0 Å². The van der Waals surface area contributed by atoms with Crippen LogP contribution in [0.4, 0.5) is 11.6 Å². The van der Waals surface area contributed by atoms with Gasteiger partial charge in [0.2, 0.25) is 0 Å². The Bertz CT molecular complexity index is 1210. The molecule has 38 heavy (non-hydrogen) atoms. The number of halogens is 1. The molecule has 1 atom stereocenters. The highest BCUT2D eigenvalue weighted by molar-refractivity contribution is 6.32. The highest BCUT2D eigenvalue weighted by Crippen LogP contribution is 2.31. The van der Waals surface area contributed by atoms with Gasteiger partial charge in [-0.2, -0.15) is 0 Å². The van der Waals surface area contributed by atoms with Crippen LogP contribution >= 0.6 is 11.6 Å². The second-order valence-electron chi connectivity index (χ2n) is 10.6. The molecule has 10 nitrogen and oxygen atoms in total.